The highest BCUT2D eigenvalue weighted by Crippen LogP contribution is 2.13. The van der Waals surface area contributed by atoms with Crippen molar-refractivity contribution in [3.05, 3.63) is 76.9 Å². The third-order valence-electron chi connectivity index (χ3n) is 3.31. The first-order valence-corrected chi connectivity index (χ1v) is 7.51. The number of carboxylic acid groups (broad SMARTS) is 1. The zero-order valence-electron chi connectivity index (χ0n) is 13.4. The maximum atomic E-state index is 11.6. The molecule has 0 aliphatic carbocycles. The van der Waals surface area contributed by atoms with Gasteiger partial charge in [-0.05, 0) is 24.1 Å². The van der Waals surface area contributed by atoms with E-state index in [0.29, 0.717) is 5.56 Å². The van der Waals surface area contributed by atoms with Crippen LogP contribution >= 0.6 is 0 Å². The molecule has 0 aliphatic heterocycles. The molecule has 0 radical (unpaired) electrons. The molecule has 124 valence electrons. The number of amides is 1. The van der Waals surface area contributed by atoms with E-state index in [0.717, 1.165) is 11.1 Å². The number of aromatic carboxylic acids is 1. The van der Waals surface area contributed by atoms with Crippen LogP contribution in [0.2, 0.25) is 0 Å². The molecule has 2 N–H and O–H groups in total. The first-order chi connectivity index (χ1) is 11.6. The summed E-state index contributed by atoms with van der Waals surface area (Å²) in [6.07, 6.45) is 2.83. The van der Waals surface area contributed by atoms with Crippen LogP contribution < -0.4 is 5.32 Å². The smallest absolute Gasteiger partial charge is 0.407 e. The maximum Gasteiger partial charge on any atom is 0.407 e. The number of rotatable bonds is 6. The van der Waals surface area contributed by atoms with Crippen LogP contribution in [-0.2, 0) is 11.3 Å². The zero-order valence-corrected chi connectivity index (χ0v) is 13.4. The fourth-order valence-corrected chi connectivity index (χ4v) is 2.10. The average molecular weight is 325 g/mol. The SMILES string of the molecule is Cc1ccc(C=CCNC(=O)OCc2ccccc2)c(C(=O)O)c1. The minimum absolute atomic E-state index is 0.206. The van der Waals surface area contributed by atoms with Gasteiger partial charge in [0, 0.05) is 6.54 Å². The van der Waals surface area contributed by atoms with E-state index in [2.05, 4.69) is 5.32 Å². The number of carbonyl (C=O) groups excluding carboxylic acids is 1. The second kappa shape index (κ2) is 8.53. The molecule has 0 unspecified atom stereocenters. The molecule has 0 aromatic heterocycles. The highest BCUT2D eigenvalue weighted by atomic mass is 16.5. The van der Waals surface area contributed by atoms with Crippen LogP contribution in [0.25, 0.3) is 6.08 Å². The van der Waals surface area contributed by atoms with E-state index in [1.165, 1.54) is 0 Å². The number of carbonyl (C=O) groups is 2. The molecule has 2 aromatic carbocycles. The van der Waals surface area contributed by atoms with Crippen molar-refractivity contribution in [3.63, 3.8) is 0 Å². The minimum atomic E-state index is -0.978. The van der Waals surface area contributed by atoms with Crippen LogP contribution in [0.4, 0.5) is 4.79 Å². The summed E-state index contributed by atoms with van der Waals surface area (Å²) in [5.74, 6) is -0.978. The second-order valence-corrected chi connectivity index (χ2v) is 5.24. The van der Waals surface area contributed by atoms with Gasteiger partial charge in [0.2, 0.25) is 0 Å². The Morgan fingerprint density at radius 3 is 2.62 bits per heavy atom. The first kappa shape index (κ1) is 17.3. The van der Waals surface area contributed by atoms with Crippen LogP contribution in [0.15, 0.2) is 54.6 Å². The summed E-state index contributed by atoms with van der Waals surface area (Å²) in [5.41, 5.74) is 2.62. The molecule has 0 aliphatic rings. The quantitative estimate of drug-likeness (QED) is 0.850. The Hall–Kier alpha value is -3.08. The van der Waals surface area contributed by atoms with Crippen LogP contribution in [0, 0.1) is 6.92 Å². The van der Waals surface area contributed by atoms with E-state index >= 15 is 0 Å². The summed E-state index contributed by atoms with van der Waals surface area (Å²) in [7, 11) is 0. The van der Waals surface area contributed by atoms with E-state index in [1.807, 2.05) is 43.3 Å². The zero-order chi connectivity index (χ0) is 17.4. The van der Waals surface area contributed by atoms with Crippen LogP contribution in [0.1, 0.15) is 27.0 Å². The predicted molar refractivity (Wildman–Crippen MR) is 91.8 cm³/mol. The van der Waals surface area contributed by atoms with Gasteiger partial charge in [-0.1, -0.05) is 60.2 Å². The lowest BCUT2D eigenvalue weighted by Crippen LogP contribution is -2.24. The number of aryl methyl sites for hydroxylation is 1. The Morgan fingerprint density at radius 1 is 1.17 bits per heavy atom. The second-order valence-electron chi connectivity index (χ2n) is 5.24. The van der Waals surface area contributed by atoms with Crippen LogP contribution in [-0.4, -0.2) is 23.7 Å². The van der Waals surface area contributed by atoms with Gasteiger partial charge in [-0.25, -0.2) is 9.59 Å². The van der Waals surface area contributed by atoms with Crippen molar-refractivity contribution in [1.82, 2.24) is 5.32 Å². The third kappa shape index (κ3) is 5.28. The highest BCUT2D eigenvalue weighted by Gasteiger charge is 2.07. The van der Waals surface area contributed by atoms with Crippen molar-refractivity contribution in [2.75, 3.05) is 6.54 Å². The highest BCUT2D eigenvalue weighted by molar-refractivity contribution is 5.92. The number of carboxylic acids is 1. The Labute approximate surface area is 140 Å². The molecule has 0 bridgehead atoms. The molecule has 0 atom stereocenters. The standard InChI is InChI=1S/C19H19NO4/c1-14-9-10-16(17(12-14)18(21)22)8-5-11-20-19(23)24-13-15-6-3-2-4-7-15/h2-10,12H,11,13H2,1H3,(H,20,23)(H,21,22). The molecule has 0 fully saturated rings. The largest absolute Gasteiger partial charge is 0.478 e. The Balaban J connectivity index is 1.82. The van der Waals surface area contributed by atoms with E-state index < -0.39 is 12.1 Å². The lowest BCUT2D eigenvalue weighted by Gasteiger charge is -2.05. The van der Waals surface area contributed by atoms with Crippen LogP contribution in [0.3, 0.4) is 0 Å². The van der Waals surface area contributed by atoms with Gasteiger partial charge in [0.15, 0.2) is 0 Å². The van der Waals surface area contributed by atoms with Crippen LogP contribution in [0.5, 0.6) is 0 Å². The molecule has 0 heterocycles. The van der Waals surface area contributed by atoms with Gasteiger partial charge >= 0.3 is 12.1 Å². The lowest BCUT2D eigenvalue weighted by atomic mass is 10.0. The number of alkyl carbamates (subject to hydrolysis) is 1. The maximum absolute atomic E-state index is 11.6. The fraction of sp³-hybridized carbons (Fsp3) is 0.158. The molecule has 24 heavy (non-hydrogen) atoms. The normalized spacial score (nSPS) is 10.5. The summed E-state index contributed by atoms with van der Waals surface area (Å²) in [6, 6.07) is 14.6. The van der Waals surface area contributed by atoms with E-state index in [-0.39, 0.29) is 18.7 Å². The molecule has 5 nitrogen and oxygen atoms in total. The van der Waals surface area contributed by atoms with E-state index in [9.17, 15) is 14.7 Å². The molecular weight excluding hydrogens is 306 g/mol. The van der Waals surface area contributed by atoms with Crippen molar-refractivity contribution in [1.29, 1.82) is 0 Å². The van der Waals surface area contributed by atoms with Crippen molar-refractivity contribution >= 4 is 18.1 Å². The number of nitrogens with one attached hydrogen (secondary N) is 1. The summed E-state index contributed by atoms with van der Waals surface area (Å²) >= 11 is 0. The topological polar surface area (TPSA) is 75.6 Å². The van der Waals surface area contributed by atoms with Gasteiger partial charge in [0.05, 0.1) is 5.56 Å². The number of benzene rings is 2. The average Bonchev–Trinajstić information content (AvgIpc) is 2.58. The molecule has 0 spiro atoms. The van der Waals surface area contributed by atoms with Crippen molar-refractivity contribution in [3.8, 4) is 0 Å². The summed E-state index contributed by atoms with van der Waals surface area (Å²) < 4.78 is 5.08. The number of hydrogen-bond acceptors (Lipinski definition) is 3. The summed E-state index contributed by atoms with van der Waals surface area (Å²) in [6.45, 7) is 2.29. The first-order valence-electron chi connectivity index (χ1n) is 7.51. The predicted octanol–water partition coefficient (Wildman–Crippen LogP) is 3.63. The van der Waals surface area contributed by atoms with Gasteiger partial charge < -0.3 is 15.2 Å². The Morgan fingerprint density at radius 2 is 1.92 bits per heavy atom. The van der Waals surface area contributed by atoms with Crippen molar-refractivity contribution < 1.29 is 19.4 Å². The van der Waals surface area contributed by atoms with Crippen molar-refractivity contribution in [2.45, 2.75) is 13.5 Å². The number of hydrogen-bond donors (Lipinski definition) is 2. The summed E-state index contributed by atoms with van der Waals surface area (Å²) in [4.78, 5) is 22.8. The fourth-order valence-electron chi connectivity index (χ4n) is 2.10. The van der Waals surface area contributed by atoms with Crippen molar-refractivity contribution in [2.24, 2.45) is 0 Å². The minimum Gasteiger partial charge on any atom is -0.478 e. The molecule has 5 heteroatoms. The summed E-state index contributed by atoms with van der Waals surface area (Å²) in [5, 5.41) is 11.8. The molecule has 0 saturated heterocycles. The van der Waals surface area contributed by atoms with Gasteiger partial charge in [-0.2, -0.15) is 0 Å². The molecule has 2 rings (SSSR count). The number of ether oxygens (including phenoxy) is 1. The molecule has 1 amide bonds. The Kier molecular flexibility index (Phi) is 6.14. The Bertz CT molecular complexity index is 738. The van der Waals surface area contributed by atoms with Gasteiger partial charge in [0.1, 0.15) is 6.61 Å². The van der Waals surface area contributed by atoms with Gasteiger partial charge in [0.25, 0.3) is 0 Å². The molecule has 2 aromatic rings. The van der Waals surface area contributed by atoms with Gasteiger partial charge in [-0.15, -0.1) is 0 Å². The molecular formula is C19H19NO4. The third-order valence-corrected chi connectivity index (χ3v) is 3.31. The lowest BCUT2D eigenvalue weighted by molar-refractivity contribution is 0.0696. The van der Waals surface area contributed by atoms with E-state index in [1.54, 1.807) is 24.3 Å². The van der Waals surface area contributed by atoms with E-state index in [4.69, 9.17) is 4.74 Å². The molecule has 0 saturated carbocycles. The van der Waals surface area contributed by atoms with Gasteiger partial charge in [-0.3, -0.25) is 0 Å². The monoisotopic (exact) mass is 325 g/mol.